The molecule has 0 aliphatic rings. The summed E-state index contributed by atoms with van der Waals surface area (Å²) in [5.74, 6) is 0. The zero-order valence-corrected chi connectivity index (χ0v) is 28.5. The summed E-state index contributed by atoms with van der Waals surface area (Å²) in [5.41, 5.74) is 15.4. The summed E-state index contributed by atoms with van der Waals surface area (Å²) in [6, 6.07) is 8.82. The van der Waals surface area contributed by atoms with Crippen molar-refractivity contribution in [2.75, 3.05) is 0 Å². The molecule has 0 saturated heterocycles. The zero-order valence-electron chi connectivity index (χ0n) is 28.5. The second-order valence-corrected chi connectivity index (χ2v) is 11.6. The molecule has 6 nitrogen and oxygen atoms in total. The molecule has 0 N–H and O–H groups in total. The molecule has 2 aromatic carbocycles. The molecule has 230 valence electrons. The molecule has 43 heavy (non-hydrogen) atoms. The molecule has 4 rings (SSSR count). The first-order valence-electron chi connectivity index (χ1n) is 15.7. The van der Waals surface area contributed by atoms with Crippen LogP contribution in [0.4, 0.5) is 0 Å². The minimum absolute atomic E-state index is 0.00801. The monoisotopic (exact) mass is 582 g/mol. The highest BCUT2D eigenvalue weighted by atomic mass is 16.1. The van der Waals surface area contributed by atoms with Gasteiger partial charge in [-0.25, -0.2) is 9.36 Å². The SMILES string of the molecule is CCc1cc(C)cc(CC)c1-c1c(C)c(C)nn(C)c1=O.CCc1cc(C)cc(CC)c1-c1c(CC)c(C)nn(C)c1=O. The molecule has 0 amide bonds. The Kier molecular flexibility index (Phi) is 11.1. The molecule has 0 bridgehead atoms. The van der Waals surface area contributed by atoms with E-state index >= 15 is 0 Å². The van der Waals surface area contributed by atoms with Gasteiger partial charge in [-0.1, -0.05) is 70.0 Å². The number of nitrogens with zero attached hydrogens (tertiary/aromatic N) is 4. The molecule has 0 atom stereocenters. The fourth-order valence-electron chi connectivity index (χ4n) is 6.28. The van der Waals surface area contributed by atoms with E-state index in [2.05, 4.69) is 82.9 Å². The van der Waals surface area contributed by atoms with Gasteiger partial charge in [-0.3, -0.25) is 9.59 Å². The van der Waals surface area contributed by atoms with E-state index in [1.165, 1.54) is 42.7 Å². The van der Waals surface area contributed by atoms with E-state index in [-0.39, 0.29) is 11.1 Å². The summed E-state index contributed by atoms with van der Waals surface area (Å²) in [7, 11) is 3.47. The third kappa shape index (κ3) is 6.74. The maximum absolute atomic E-state index is 12.8. The standard InChI is InChI=1S/C19H26N2O.C18H24N2O/c1-7-14-10-12(4)11-15(8-2)17(14)18-16(9-3)13(5)20-21(6)19(18)22;1-7-14-9-11(3)10-15(8-2)17(14)16-12(4)13(5)19-20(6)18(16)21/h10-11H,7-9H2,1-6H3;9-10H,7-8H2,1-6H3. The predicted molar refractivity (Wildman–Crippen MR) is 180 cm³/mol. The third-order valence-electron chi connectivity index (χ3n) is 8.54. The van der Waals surface area contributed by atoms with Crippen LogP contribution in [0.1, 0.15) is 90.5 Å². The summed E-state index contributed by atoms with van der Waals surface area (Å²) >= 11 is 0. The number of hydrogen-bond donors (Lipinski definition) is 0. The fourth-order valence-corrected chi connectivity index (χ4v) is 6.28. The van der Waals surface area contributed by atoms with E-state index in [1.807, 2.05) is 20.8 Å². The first kappa shape index (κ1) is 33.7. The van der Waals surface area contributed by atoms with E-state index in [0.717, 1.165) is 76.9 Å². The van der Waals surface area contributed by atoms with E-state index < -0.39 is 0 Å². The molecule has 0 spiro atoms. The van der Waals surface area contributed by atoms with Crippen molar-refractivity contribution in [2.45, 2.75) is 101 Å². The molecule has 0 fully saturated rings. The minimum atomic E-state index is -0.00801. The van der Waals surface area contributed by atoms with Gasteiger partial charge in [0.2, 0.25) is 0 Å². The number of aromatic nitrogens is 4. The third-order valence-corrected chi connectivity index (χ3v) is 8.54. The number of benzene rings is 2. The topological polar surface area (TPSA) is 69.8 Å². The lowest BCUT2D eigenvalue weighted by atomic mass is 9.87. The number of aryl methyl sites for hydroxylation is 10. The Balaban J connectivity index is 0.000000236. The molecule has 2 heterocycles. The summed E-state index contributed by atoms with van der Waals surface area (Å²) in [4.78, 5) is 25.5. The fraction of sp³-hybridized carbons (Fsp3) is 0.459. The van der Waals surface area contributed by atoms with Gasteiger partial charge >= 0.3 is 0 Å². The van der Waals surface area contributed by atoms with Crippen LogP contribution < -0.4 is 11.1 Å². The van der Waals surface area contributed by atoms with Gasteiger partial charge < -0.3 is 0 Å². The molecule has 0 unspecified atom stereocenters. The highest BCUT2D eigenvalue weighted by Crippen LogP contribution is 2.32. The average molecular weight is 583 g/mol. The highest BCUT2D eigenvalue weighted by molar-refractivity contribution is 5.75. The summed E-state index contributed by atoms with van der Waals surface area (Å²) in [6.45, 7) is 20.9. The molecular weight excluding hydrogens is 532 g/mol. The van der Waals surface area contributed by atoms with Gasteiger partial charge in [0.25, 0.3) is 11.1 Å². The van der Waals surface area contributed by atoms with Gasteiger partial charge in [0.05, 0.1) is 22.5 Å². The largest absolute Gasteiger partial charge is 0.274 e. The summed E-state index contributed by atoms with van der Waals surface area (Å²) < 4.78 is 2.93. The van der Waals surface area contributed by atoms with Crippen molar-refractivity contribution < 1.29 is 0 Å². The van der Waals surface area contributed by atoms with Crippen LogP contribution >= 0.6 is 0 Å². The number of hydrogen-bond acceptors (Lipinski definition) is 4. The van der Waals surface area contributed by atoms with Gasteiger partial charge in [0.1, 0.15) is 0 Å². The zero-order chi connectivity index (χ0) is 32.2. The van der Waals surface area contributed by atoms with E-state index in [0.29, 0.717) is 0 Å². The predicted octanol–water partition coefficient (Wildman–Crippen LogP) is 7.25. The van der Waals surface area contributed by atoms with Gasteiger partial charge in [0, 0.05) is 14.1 Å². The maximum Gasteiger partial charge on any atom is 0.274 e. The quantitative estimate of drug-likeness (QED) is 0.230. The summed E-state index contributed by atoms with van der Waals surface area (Å²) in [5, 5.41) is 8.65. The lowest BCUT2D eigenvalue weighted by molar-refractivity contribution is 0.686. The van der Waals surface area contributed by atoms with Crippen LogP contribution in [0.25, 0.3) is 22.3 Å². The molecule has 0 aliphatic carbocycles. The lowest BCUT2D eigenvalue weighted by Gasteiger charge is -2.18. The number of rotatable bonds is 7. The first-order valence-corrected chi connectivity index (χ1v) is 15.7. The van der Waals surface area contributed by atoms with Gasteiger partial charge in [-0.05, 0) is 111 Å². The van der Waals surface area contributed by atoms with Gasteiger partial charge in [-0.2, -0.15) is 10.2 Å². The molecule has 6 heteroatoms. The molecule has 0 aliphatic heterocycles. The molecule has 2 aromatic heterocycles. The second-order valence-electron chi connectivity index (χ2n) is 11.6. The molecule has 0 saturated carbocycles. The van der Waals surface area contributed by atoms with Crippen LogP contribution in [0.5, 0.6) is 0 Å². The van der Waals surface area contributed by atoms with E-state index in [4.69, 9.17) is 0 Å². The second kappa shape index (κ2) is 14.1. The average Bonchev–Trinajstić information content (AvgIpc) is 2.98. The van der Waals surface area contributed by atoms with Crippen molar-refractivity contribution in [3.05, 3.63) is 101 Å². The van der Waals surface area contributed by atoms with Crippen LogP contribution in [-0.4, -0.2) is 19.6 Å². The van der Waals surface area contributed by atoms with Gasteiger partial charge in [-0.15, -0.1) is 0 Å². The van der Waals surface area contributed by atoms with Crippen molar-refractivity contribution in [3.63, 3.8) is 0 Å². The van der Waals surface area contributed by atoms with Crippen molar-refractivity contribution >= 4 is 0 Å². The van der Waals surface area contributed by atoms with Crippen LogP contribution in [-0.2, 0) is 46.2 Å². The van der Waals surface area contributed by atoms with E-state index in [1.54, 1.807) is 14.1 Å². The lowest BCUT2D eigenvalue weighted by Crippen LogP contribution is -2.25. The van der Waals surface area contributed by atoms with Crippen LogP contribution in [0.2, 0.25) is 0 Å². The minimum Gasteiger partial charge on any atom is -0.267 e. The van der Waals surface area contributed by atoms with E-state index in [9.17, 15) is 9.59 Å². The summed E-state index contributed by atoms with van der Waals surface area (Å²) in [6.07, 6.45) is 4.53. The van der Waals surface area contributed by atoms with Crippen molar-refractivity contribution in [1.29, 1.82) is 0 Å². The Hall–Kier alpha value is -3.80. The normalized spacial score (nSPS) is 11.0. The Labute approximate surface area is 257 Å². The Bertz CT molecular complexity index is 1710. The van der Waals surface area contributed by atoms with Gasteiger partial charge in [0.15, 0.2) is 0 Å². The molecule has 0 radical (unpaired) electrons. The maximum atomic E-state index is 12.8. The van der Waals surface area contributed by atoms with Crippen molar-refractivity contribution in [2.24, 2.45) is 14.1 Å². The van der Waals surface area contributed by atoms with Crippen molar-refractivity contribution in [3.8, 4) is 22.3 Å². The van der Waals surface area contributed by atoms with Crippen LogP contribution in [0, 0.1) is 34.6 Å². The van der Waals surface area contributed by atoms with Crippen LogP contribution in [0.3, 0.4) is 0 Å². The Morgan fingerprint density at radius 3 is 1.23 bits per heavy atom. The smallest absolute Gasteiger partial charge is 0.267 e. The highest BCUT2D eigenvalue weighted by Gasteiger charge is 2.20. The Morgan fingerprint density at radius 2 is 0.860 bits per heavy atom. The Morgan fingerprint density at radius 1 is 0.512 bits per heavy atom. The molecule has 4 aromatic rings. The van der Waals surface area contributed by atoms with Crippen molar-refractivity contribution in [1.82, 2.24) is 19.6 Å². The molecular formula is C37H50N4O2. The van der Waals surface area contributed by atoms with Crippen LogP contribution in [0.15, 0.2) is 33.9 Å². The first-order chi connectivity index (χ1) is 20.3.